The predicted molar refractivity (Wildman–Crippen MR) is 73.6 cm³/mol. The summed E-state index contributed by atoms with van der Waals surface area (Å²) in [5.41, 5.74) is 10.6. The SMILES string of the molecule is CC1(C(N)c2ccc3c(c2)CCC3)CCCCO1. The van der Waals surface area contributed by atoms with E-state index in [4.69, 9.17) is 10.5 Å². The average molecular weight is 245 g/mol. The van der Waals surface area contributed by atoms with Crippen LogP contribution in [0.25, 0.3) is 0 Å². The van der Waals surface area contributed by atoms with Crippen molar-refractivity contribution in [2.24, 2.45) is 5.73 Å². The minimum Gasteiger partial charge on any atom is -0.373 e. The Bertz CT molecular complexity index is 435. The number of fused-ring (bicyclic) bond motifs is 1. The molecule has 1 aliphatic carbocycles. The van der Waals surface area contributed by atoms with Gasteiger partial charge in [-0.2, -0.15) is 0 Å². The van der Waals surface area contributed by atoms with Crippen molar-refractivity contribution >= 4 is 0 Å². The fourth-order valence-corrected chi connectivity index (χ4v) is 3.34. The van der Waals surface area contributed by atoms with Gasteiger partial charge in [-0.3, -0.25) is 0 Å². The second kappa shape index (κ2) is 4.67. The van der Waals surface area contributed by atoms with Crippen LogP contribution in [-0.4, -0.2) is 12.2 Å². The highest BCUT2D eigenvalue weighted by molar-refractivity contribution is 5.37. The van der Waals surface area contributed by atoms with Crippen molar-refractivity contribution in [2.45, 2.75) is 57.1 Å². The van der Waals surface area contributed by atoms with Crippen LogP contribution in [0.1, 0.15) is 55.3 Å². The number of ether oxygens (including phenoxy) is 1. The van der Waals surface area contributed by atoms with Crippen molar-refractivity contribution < 1.29 is 4.74 Å². The first-order valence-electron chi connectivity index (χ1n) is 7.20. The second-order valence-corrected chi connectivity index (χ2v) is 5.98. The minimum absolute atomic E-state index is 0.00343. The standard InChI is InChI=1S/C16H23NO/c1-16(9-2-3-10-18-16)15(17)14-8-7-12-5-4-6-13(12)11-14/h7-8,11,15H,2-6,9-10,17H2,1H3. The van der Waals surface area contributed by atoms with E-state index in [0.29, 0.717) is 0 Å². The molecule has 0 spiro atoms. The monoisotopic (exact) mass is 245 g/mol. The largest absolute Gasteiger partial charge is 0.373 e. The number of rotatable bonds is 2. The summed E-state index contributed by atoms with van der Waals surface area (Å²) < 4.78 is 5.98. The van der Waals surface area contributed by atoms with E-state index in [1.54, 1.807) is 0 Å². The quantitative estimate of drug-likeness (QED) is 0.868. The zero-order valence-electron chi connectivity index (χ0n) is 11.2. The Balaban J connectivity index is 1.85. The molecule has 2 N–H and O–H groups in total. The lowest BCUT2D eigenvalue weighted by Crippen LogP contribution is -2.43. The van der Waals surface area contributed by atoms with E-state index in [1.165, 1.54) is 48.8 Å². The van der Waals surface area contributed by atoms with Gasteiger partial charge in [-0.05, 0) is 62.1 Å². The molecule has 0 bridgehead atoms. The maximum absolute atomic E-state index is 6.47. The smallest absolute Gasteiger partial charge is 0.0846 e. The number of aryl methyl sites for hydroxylation is 2. The summed E-state index contributed by atoms with van der Waals surface area (Å²) in [7, 11) is 0. The molecule has 3 rings (SSSR count). The molecule has 2 aliphatic rings. The predicted octanol–water partition coefficient (Wildman–Crippen LogP) is 3.13. The first kappa shape index (κ1) is 12.2. The van der Waals surface area contributed by atoms with Crippen LogP contribution in [-0.2, 0) is 17.6 Å². The van der Waals surface area contributed by atoms with E-state index in [0.717, 1.165) is 13.0 Å². The molecule has 2 heteroatoms. The van der Waals surface area contributed by atoms with Crippen molar-refractivity contribution in [1.82, 2.24) is 0 Å². The molecule has 0 saturated carbocycles. The molecule has 0 aromatic heterocycles. The van der Waals surface area contributed by atoms with E-state index < -0.39 is 0 Å². The van der Waals surface area contributed by atoms with Gasteiger partial charge in [0.2, 0.25) is 0 Å². The normalized spacial score (nSPS) is 29.0. The average Bonchev–Trinajstić information content (AvgIpc) is 2.86. The van der Waals surface area contributed by atoms with Gasteiger partial charge in [-0.15, -0.1) is 0 Å². The number of hydrogen-bond acceptors (Lipinski definition) is 2. The van der Waals surface area contributed by atoms with Crippen molar-refractivity contribution in [3.63, 3.8) is 0 Å². The molecule has 2 unspecified atom stereocenters. The molecule has 1 aromatic rings. The van der Waals surface area contributed by atoms with Crippen LogP contribution in [0.3, 0.4) is 0 Å². The molecule has 2 atom stereocenters. The first-order valence-corrected chi connectivity index (χ1v) is 7.20. The molecular weight excluding hydrogens is 222 g/mol. The third-order valence-corrected chi connectivity index (χ3v) is 4.64. The molecule has 1 fully saturated rings. The lowest BCUT2D eigenvalue weighted by atomic mass is 9.84. The number of benzene rings is 1. The summed E-state index contributed by atoms with van der Waals surface area (Å²) in [5, 5.41) is 0. The molecule has 18 heavy (non-hydrogen) atoms. The summed E-state index contributed by atoms with van der Waals surface area (Å²) in [5.74, 6) is 0. The van der Waals surface area contributed by atoms with Crippen LogP contribution in [0.15, 0.2) is 18.2 Å². The van der Waals surface area contributed by atoms with E-state index in [9.17, 15) is 0 Å². The van der Waals surface area contributed by atoms with Crippen LogP contribution in [0.2, 0.25) is 0 Å². The zero-order valence-corrected chi connectivity index (χ0v) is 11.2. The van der Waals surface area contributed by atoms with Crippen LogP contribution < -0.4 is 5.73 Å². The molecule has 2 nitrogen and oxygen atoms in total. The number of nitrogens with two attached hydrogens (primary N) is 1. The second-order valence-electron chi connectivity index (χ2n) is 5.98. The van der Waals surface area contributed by atoms with Crippen molar-refractivity contribution in [3.8, 4) is 0 Å². The first-order chi connectivity index (χ1) is 8.69. The van der Waals surface area contributed by atoms with E-state index >= 15 is 0 Å². The van der Waals surface area contributed by atoms with Crippen molar-refractivity contribution in [2.75, 3.05) is 6.61 Å². The third kappa shape index (κ3) is 2.08. The fourth-order valence-electron chi connectivity index (χ4n) is 3.34. The molecule has 98 valence electrons. The summed E-state index contributed by atoms with van der Waals surface area (Å²) >= 11 is 0. The number of hydrogen-bond donors (Lipinski definition) is 1. The van der Waals surface area contributed by atoms with Gasteiger partial charge < -0.3 is 10.5 Å². The summed E-state index contributed by atoms with van der Waals surface area (Å²) in [6.07, 6.45) is 7.22. The van der Waals surface area contributed by atoms with Gasteiger partial charge in [0.15, 0.2) is 0 Å². The summed E-state index contributed by atoms with van der Waals surface area (Å²) in [4.78, 5) is 0. The molecule has 1 aliphatic heterocycles. The highest BCUT2D eigenvalue weighted by Gasteiger charge is 2.35. The molecule has 0 radical (unpaired) electrons. The Morgan fingerprint density at radius 3 is 2.78 bits per heavy atom. The maximum Gasteiger partial charge on any atom is 0.0846 e. The zero-order chi connectivity index (χ0) is 12.6. The van der Waals surface area contributed by atoms with Crippen molar-refractivity contribution in [3.05, 3.63) is 34.9 Å². The van der Waals surface area contributed by atoms with Gasteiger partial charge in [0, 0.05) is 6.61 Å². The van der Waals surface area contributed by atoms with Gasteiger partial charge in [0.25, 0.3) is 0 Å². The van der Waals surface area contributed by atoms with Gasteiger partial charge in [0.05, 0.1) is 11.6 Å². The van der Waals surface area contributed by atoms with Gasteiger partial charge in [0.1, 0.15) is 0 Å². The van der Waals surface area contributed by atoms with Gasteiger partial charge in [-0.1, -0.05) is 18.2 Å². The lowest BCUT2D eigenvalue weighted by Gasteiger charge is -2.39. The van der Waals surface area contributed by atoms with E-state index in [-0.39, 0.29) is 11.6 Å². The Labute approximate surface area is 110 Å². The molecule has 1 aromatic carbocycles. The molecule has 1 heterocycles. The maximum atomic E-state index is 6.47. The highest BCUT2D eigenvalue weighted by atomic mass is 16.5. The van der Waals surface area contributed by atoms with E-state index in [1.807, 2.05) is 0 Å². The Morgan fingerprint density at radius 1 is 1.17 bits per heavy atom. The summed E-state index contributed by atoms with van der Waals surface area (Å²) in [6.45, 7) is 3.03. The Hall–Kier alpha value is -0.860. The summed E-state index contributed by atoms with van der Waals surface area (Å²) in [6, 6.07) is 6.79. The lowest BCUT2D eigenvalue weighted by molar-refractivity contribution is -0.0820. The molecular formula is C16H23NO. The highest BCUT2D eigenvalue weighted by Crippen LogP contribution is 2.36. The Morgan fingerprint density at radius 2 is 2.00 bits per heavy atom. The van der Waals surface area contributed by atoms with Crippen molar-refractivity contribution in [1.29, 1.82) is 0 Å². The van der Waals surface area contributed by atoms with Crippen LogP contribution in [0.5, 0.6) is 0 Å². The van der Waals surface area contributed by atoms with Crippen LogP contribution >= 0.6 is 0 Å². The topological polar surface area (TPSA) is 35.2 Å². The molecule has 0 amide bonds. The third-order valence-electron chi connectivity index (χ3n) is 4.64. The van der Waals surface area contributed by atoms with Gasteiger partial charge >= 0.3 is 0 Å². The fraction of sp³-hybridized carbons (Fsp3) is 0.625. The van der Waals surface area contributed by atoms with Gasteiger partial charge in [-0.25, -0.2) is 0 Å². The van der Waals surface area contributed by atoms with Crippen LogP contribution in [0, 0.1) is 0 Å². The Kier molecular flexibility index (Phi) is 3.16. The van der Waals surface area contributed by atoms with Crippen LogP contribution in [0.4, 0.5) is 0 Å². The molecule has 1 saturated heterocycles. The van der Waals surface area contributed by atoms with E-state index in [2.05, 4.69) is 25.1 Å². The minimum atomic E-state index is -0.176.